The van der Waals surface area contributed by atoms with Crippen LogP contribution in [0.4, 0.5) is 0 Å². The van der Waals surface area contributed by atoms with Crippen molar-refractivity contribution >= 4 is 11.6 Å². The average Bonchev–Trinajstić information content (AvgIpc) is 2.54. The van der Waals surface area contributed by atoms with E-state index in [4.69, 9.17) is 10.5 Å². The number of hydrogen-bond acceptors (Lipinski definition) is 4. The highest BCUT2D eigenvalue weighted by Gasteiger charge is 2.13. The summed E-state index contributed by atoms with van der Waals surface area (Å²) in [5.74, 6) is 0.493. The van der Waals surface area contributed by atoms with Crippen molar-refractivity contribution < 1.29 is 18.9 Å². The van der Waals surface area contributed by atoms with Crippen molar-refractivity contribution in [3.05, 3.63) is 59.9 Å². The van der Waals surface area contributed by atoms with Gasteiger partial charge in [-0.15, -0.1) is 0 Å². The number of carbonyl (C=O) groups is 2. The third-order valence-corrected chi connectivity index (χ3v) is 3.12. The third-order valence-electron chi connectivity index (χ3n) is 3.12. The van der Waals surface area contributed by atoms with Gasteiger partial charge in [-0.25, -0.2) is 0 Å². The maximum absolute atomic E-state index is 12.2. The number of nitrogens with zero attached hydrogens (tertiary/aromatic N) is 1. The molecule has 0 aliphatic heterocycles. The Labute approximate surface area is 123 Å². The Bertz CT molecular complexity index is 651. The first-order chi connectivity index (χ1) is 10.1. The van der Waals surface area contributed by atoms with E-state index in [0.29, 0.717) is 16.9 Å². The minimum absolute atomic E-state index is 0.0211. The van der Waals surface area contributed by atoms with Crippen molar-refractivity contribution in [2.24, 2.45) is 5.73 Å². The summed E-state index contributed by atoms with van der Waals surface area (Å²) in [6.45, 7) is 0.178. The van der Waals surface area contributed by atoms with Crippen LogP contribution in [0, 0.1) is 0 Å². The molecule has 2 rings (SSSR count). The van der Waals surface area contributed by atoms with E-state index in [1.165, 1.54) is 0 Å². The number of Topliss-reactive ketones (excluding diaryl/α,β-unsaturated/α-hetero) is 2. The van der Waals surface area contributed by atoms with Gasteiger partial charge in [0.05, 0.1) is 13.7 Å². The Kier molecular flexibility index (Phi) is 4.79. The van der Waals surface area contributed by atoms with Gasteiger partial charge in [0.1, 0.15) is 5.75 Å². The lowest BCUT2D eigenvalue weighted by Gasteiger charge is -2.02. The van der Waals surface area contributed by atoms with Crippen LogP contribution < -0.4 is 15.0 Å². The number of ether oxygens (including phenoxy) is 1. The molecule has 0 aliphatic carbocycles. The number of aromatic nitrogens is 1. The first-order valence-electron chi connectivity index (χ1n) is 6.53. The number of ketones is 2. The zero-order valence-corrected chi connectivity index (χ0v) is 11.8. The fourth-order valence-electron chi connectivity index (χ4n) is 1.92. The van der Waals surface area contributed by atoms with Crippen molar-refractivity contribution in [1.82, 2.24) is 0 Å². The molecule has 1 aromatic heterocycles. The lowest BCUT2D eigenvalue weighted by Crippen LogP contribution is -2.37. The number of benzene rings is 1. The van der Waals surface area contributed by atoms with E-state index in [1.807, 2.05) is 0 Å². The zero-order valence-electron chi connectivity index (χ0n) is 11.8. The van der Waals surface area contributed by atoms with Gasteiger partial charge in [-0.1, -0.05) is 12.1 Å². The summed E-state index contributed by atoms with van der Waals surface area (Å²) in [7, 11) is 1.56. The quantitative estimate of drug-likeness (QED) is 0.635. The van der Waals surface area contributed by atoms with Crippen LogP contribution in [0.15, 0.2) is 48.8 Å². The molecule has 0 fully saturated rings. The van der Waals surface area contributed by atoms with Crippen LogP contribution in [0.25, 0.3) is 0 Å². The Morgan fingerprint density at radius 1 is 1.10 bits per heavy atom. The average molecular weight is 285 g/mol. The molecule has 0 amide bonds. The Morgan fingerprint density at radius 3 is 2.43 bits per heavy atom. The number of rotatable bonds is 6. The summed E-state index contributed by atoms with van der Waals surface area (Å²) < 4.78 is 6.82. The second kappa shape index (κ2) is 6.76. The lowest BCUT2D eigenvalue weighted by molar-refractivity contribution is -0.683. The van der Waals surface area contributed by atoms with Gasteiger partial charge in [0, 0.05) is 23.3 Å². The molecule has 5 heteroatoms. The first kappa shape index (κ1) is 14.9. The van der Waals surface area contributed by atoms with Crippen molar-refractivity contribution in [2.45, 2.75) is 6.54 Å². The fraction of sp³-hybridized carbons (Fsp3) is 0.188. The Balaban J connectivity index is 2.10. The smallest absolute Gasteiger partial charge is 0.227 e. The number of methoxy groups -OCH3 is 1. The molecule has 1 heterocycles. The molecule has 2 N–H and O–H groups in total. The van der Waals surface area contributed by atoms with E-state index in [0.717, 1.165) is 0 Å². The summed E-state index contributed by atoms with van der Waals surface area (Å²) in [5.41, 5.74) is 6.43. The number of pyridine rings is 1. The molecule has 108 valence electrons. The molecule has 0 spiro atoms. The maximum Gasteiger partial charge on any atom is 0.227 e. The number of nitrogens with two attached hydrogens (primary N) is 1. The minimum atomic E-state index is -0.124. The second-order valence-electron chi connectivity index (χ2n) is 4.54. The van der Waals surface area contributed by atoms with Gasteiger partial charge in [-0.3, -0.25) is 9.59 Å². The van der Waals surface area contributed by atoms with Crippen molar-refractivity contribution in [2.75, 3.05) is 13.7 Å². The normalized spacial score (nSPS) is 10.2. The summed E-state index contributed by atoms with van der Waals surface area (Å²) >= 11 is 0. The summed E-state index contributed by atoms with van der Waals surface area (Å²) in [6.07, 6.45) is 3.39. The predicted molar refractivity (Wildman–Crippen MR) is 77.3 cm³/mol. The molecular weight excluding hydrogens is 268 g/mol. The highest BCUT2D eigenvalue weighted by Crippen LogP contribution is 2.12. The molecule has 0 atom stereocenters. The molecule has 0 radical (unpaired) electrons. The first-order valence-corrected chi connectivity index (χ1v) is 6.53. The molecule has 1 aromatic carbocycles. The van der Waals surface area contributed by atoms with E-state index in [1.54, 1.807) is 60.5 Å². The minimum Gasteiger partial charge on any atom is -0.497 e. The molecule has 0 bridgehead atoms. The largest absolute Gasteiger partial charge is 0.497 e. The van der Waals surface area contributed by atoms with E-state index in [-0.39, 0.29) is 24.7 Å². The monoisotopic (exact) mass is 285 g/mol. The van der Waals surface area contributed by atoms with E-state index >= 15 is 0 Å². The molecular formula is C16H17N2O3+. The van der Waals surface area contributed by atoms with Crippen molar-refractivity contribution in [1.29, 1.82) is 0 Å². The van der Waals surface area contributed by atoms with Gasteiger partial charge >= 0.3 is 0 Å². The van der Waals surface area contributed by atoms with E-state index in [9.17, 15) is 9.59 Å². The third kappa shape index (κ3) is 3.73. The van der Waals surface area contributed by atoms with E-state index in [2.05, 4.69) is 0 Å². The Morgan fingerprint density at radius 2 is 1.81 bits per heavy atom. The van der Waals surface area contributed by atoms with Crippen LogP contribution in [0.5, 0.6) is 5.75 Å². The van der Waals surface area contributed by atoms with Crippen LogP contribution in [0.1, 0.15) is 20.7 Å². The van der Waals surface area contributed by atoms with Gasteiger partial charge in [0.25, 0.3) is 0 Å². The van der Waals surface area contributed by atoms with Gasteiger partial charge in [0.2, 0.25) is 12.3 Å². The second-order valence-corrected chi connectivity index (χ2v) is 4.54. The van der Waals surface area contributed by atoms with Gasteiger partial charge in [-0.05, 0) is 12.1 Å². The molecule has 0 saturated heterocycles. The SMILES string of the molecule is COc1cccc(C(=O)C[n+]2ccc(C(=O)CN)cc2)c1. The number of carbonyl (C=O) groups excluding carboxylic acids is 2. The summed E-state index contributed by atoms with van der Waals surface area (Å²) in [4.78, 5) is 23.6. The summed E-state index contributed by atoms with van der Waals surface area (Å²) in [6, 6.07) is 10.3. The van der Waals surface area contributed by atoms with Crippen LogP contribution >= 0.6 is 0 Å². The van der Waals surface area contributed by atoms with E-state index < -0.39 is 0 Å². The summed E-state index contributed by atoms with van der Waals surface area (Å²) in [5, 5.41) is 0. The van der Waals surface area contributed by atoms with Crippen molar-refractivity contribution in [3.63, 3.8) is 0 Å². The fourth-order valence-corrected chi connectivity index (χ4v) is 1.92. The molecule has 21 heavy (non-hydrogen) atoms. The Hall–Kier alpha value is -2.53. The predicted octanol–water partition coefficient (Wildman–Crippen LogP) is 1.01. The topological polar surface area (TPSA) is 73.3 Å². The molecule has 0 unspecified atom stereocenters. The zero-order chi connectivity index (χ0) is 15.2. The van der Waals surface area contributed by atoms with Gasteiger partial charge in [-0.2, -0.15) is 4.57 Å². The molecule has 2 aromatic rings. The van der Waals surface area contributed by atoms with Crippen LogP contribution in [0.3, 0.4) is 0 Å². The molecule has 0 aliphatic rings. The maximum atomic E-state index is 12.2. The highest BCUT2D eigenvalue weighted by atomic mass is 16.5. The lowest BCUT2D eigenvalue weighted by atomic mass is 10.1. The van der Waals surface area contributed by atoms with Crippen molar-refractivity contribution in [3.8, 4) is 5.75 Å². The van der Waals surface area contributed by atoms with Crippen LogP contribution in [0.2, 0.25) is 0 Å². The van der Waals surface area contributed by atoms with Crippen LogP contribution in [-0.2, 0) is 6.54 Å². The van der Waals surface area contributed by atoms with Gasteiger partial charge in [0.15, 0.2) is 18.2 Å². The molecule has 5 nitrogen and oxygen atoms in total. The highest BCUT2D eigenvalue weighted by molar-refractivity contribution is 5.97. The van der Waals surface area contributed by atoms with Gasteiger partial charge < -0.3 is 10.5 Å². The number of hydrogen-bond donors (Lipinski definition) is 1. The van der Waals surface area contributed by atoms with Crippen LogP contribution in [-0.4, -0.2) is 25.2 Å². The molecule has 0 saturated carbocycles. The standard InChI is InChI=1S/C16H17N2O3/c1-21-14-4-2-3-13(9-14)16(20)11-18-7-5-12(6-8-18)15(19)10-17/h2-9H,10-11,17H2,1H3/q+1.